The summed E-state index contributed by atoms with van der Waals surface area (Å²) < 4.78 is 119. The van der Waals surface area contributed by atoms with E-state index in [2.05, 4.69) is 129 Å². The van der Waals surface area contributed by atoms with Gasteiger partial charge in [-0.25, -0.2) is 28.8 Å². The van der Waals surface area contributed by atoms with Crippen LogP contribution in [0.3, 0.4) is 0 Å². The van der Waals surface area contributed by atoms with Crippen molar-refractivity contribution in [1.29, 1.82) is 0 Å². The van der Waals surface area contributed by atoms with Crippen LogP contribution >= 0.6 is 0 Å². The molecular weight excluding hydrogens is 1580 g/mol. The lowest BCUT2D eigenvalue weighted by Crippen LogP contribution is -2.47. The molecule has 0 aromatic heterocycles. The van der Waals surface area contributed by atoms with Crippen molar-refractivity contribution in [2.24, 2.45) is 49.2 Å². The highest BCUT2D eigenvalue weighted by molar-refractivity contribution is 6.81. The minimum atomic E-state index is -4.66. The van der Waals surface area contributed by atoms with Crippen molar-refractivity contribution < 1.29 is 126 Å². The van der Waals surface area contributed by atoms with E-state index in [0.717, 1.165) is 37.8 Å². The standard InChI is InChI=1S/C83H143F3N4O24Si3/c1-20-65(91)104-37-38-106-68(94)28-32-79(10)49-63(46-77(7,8)52-79)90-74(100)110-51-64(102-36-25-41-115(113-116(14,15)16)114-117(17,18)19)50-109-71(97)87-55-81(12)44-60(43-75(3,4)54-81)42-70(96)112-58-82(13,56-101-59-83(84,85)86)57-111-69(95)29-33-80(11)48-62(45-76(5,6)53-80)89-73(99)107-35-23-22-34-103-67(93)27-31-78(9)30-24-26-61(47-78)88-72(98)108-40-39-105-66(92)21-2/h20-21,60-64,115H,1-2,22-59H2,3-19H3,(H,87,97)(H,88,98)(H,89,99)(H,90,100). The number of ether oxygens (including phenoxy) is 12. The fraction of sp³-hybridized carbons (Fsp3) is 0.831. The first-order chi connectivity index (χ1) is 54.2. The molecule has 10 unspecified atom stereocenters. The van der Waals surface area contributed by atoms with Crippen LogP contribution in [0.4, 0.5) is 32.3 Å². The van der Waals surface area contributed by atoms with E-state index in [1.54, 1.807) is 0 Å². The number of amides is 4. The van der Waals surface area contributed by atoms with Gasteiger partial charge in [0.1, 0.15) is 65.6 Å². The molecule has 4 aliphatic carbocycles. The fourth-order valence-corrected chi connectivity index (χ4v) is 26.2. The van der Waals surface area contributed by atoms with Crippen molar-refractivity contribution in [3.8, 4) is 0 Å². The first-order valence-corrected chi connectivity index (χ1v) is 50.3. The summed E-state index contributed by atoms with van der Waals surface area (Å²) in [4.78, 5) is 128. The lowest BCUT2D eigenvalue weighted by Gasteiger charge is -2.46. The summed E-state index contributed by atoms with van der Waals surface area (Å²) in [5.41, 5.74) is -3.65. The van der Waals surface area contributed by atoms with Gasteiger partial charge in [-0.1, -0.05) is 95.7 Å². The van der Waals surface area contributed by atoms with E-state index in [9.17, 15) is 61.1 Å². The second-order valence-corrected chi connectivity index (χ2v) is 50.9. The third-order valence-corrected chi connectivity index (χ3v) is 30.1. The predicted octanol–water partition coefficient (Wildman–Crippen LogP) is 15.3. The number of halogens is 3. The molecule has 10 atom stereocenters. The zero-order valence-corrected chi connectivity index (χ0v) is 76.5. The maximum Gasteiger partial charge on any atom is 0.411 e. The monoisotopic (exact) mass is 1720 g/mol. The second-order valence-electron chi connectivity index (χ2n) is 39.2. The Balaban J connectivity index is 1.27. The largest absolute Gasteiger partial charge is 0.466 e. The molecule has 0 spiro atoms. The average molecular weight is 1720 g/mol. The molecular formula is C83H143F3N4O24Si3. The van der Waals surface area contributed by atoms with E-state index in [1.165, 1.54) is 6.92 Å². The first-order valence-electron chi connectivity index (χ1n) is 41.7. The van der Waals surface area contributed by atoms with Gasteiger partial charge in [0, 0.05) is 69.1 Å². The third kappa shape index (κ3) is 45.2. The zero-order chi connectivity index (χ0) is 87.7. The van der Waals surface area contributed by atoms with Crippen LogP contribution in [0, 0.1) is 49.2 Å². The average Bonchev–Trinajstić information content (AvgIpc) is 0.806. The molecule has 4 N–H and O–H groups in total. The van der Waals surface area contributed by atoms with Gasteiger partial charge in [-0.15, -0.1) is 0 Å². The molecule has 4 saturated carbocycles. The molecule has 4 amide bonds. The van der Waals surface area contributed by atoms with Crippen LogP contribution in [-0.4, -0.2) is 209 Å². The van der Waals surface area contributed by atoms with Crippen molar-refractivity contribution in [3.05, 3.63) is 25.3 Å². The molecule has 34 heteroatoms. The lowest BCUT2D eigenvalue weighted by atomic mass is 9.60. The summed E-state index contributed by atoms with van der Waals surface area (Å²) >= 11 is 0. The summed E-state index contributed by atoms with van der Waals surface area (Å²) in [5, 5.41) is 11.8. The summed E-state index contributed by atoms with van der Waals surface area (Å²) in [6, 6.07) is -0.0409. The minimum absolute atomic E-state index is 0.0441. The quantitative estimate of drug-likeness (QED) is 0.0144. The van der Waals surface area contributed by atoms with Gasteiger partial charge in [0.05, 0.1) is 25.2 Å². The predicted molar refractivity (Wildman–Crippen MR) is 439 cm³/mol. The Bertz CT molecular complexity index is 3210. The van der Waals surface area contributed by atoms with Crippen LogP contribution in [0.15, 0.2) is 25.3 Å². The topological polar surface area (TPSA) is 348 Å². The fourth-order valence-electron chi connectivity index (χ4n) is 17.8. The highest BCUT2D eigenvalue weighted by Gasteiger charge is 2.46. The van der Waals surface area contributed by atoms with Crippen LogP contribution in [0.2, 0.25) is 45.3 Å². The smallest absolute Gasteiger partial charge is 0.411 e. The summed E-state index contributed by atoms with van der Waals surface area (Å²) in [5.74, 6) is -3.44. The summed E-state index contributed by atoms with van der Waals surface area (Å²) in [6.07, 6.45) is 5.96. The SMILES string of the molecule is C=CC(=O)OCCOC(=O)CCC1(C)CC(NC(=O)OCC(COC(=O)NCC2(C)CC(CC(=O)OCC(C)(COCC(F)(F)F)COC(=O)CCC3(C)CC(NC(=O)OCCCCOC(=O)CCC4(C)CCCC(NC(=O)OCCOC(=O)C=C)C4)CC(C)(C)C3)CC(C)(C)C2)OCCC[SiH](O[Si](C)(C)C)O[Si](C)(C)C)CC(C)(C)C1. The number of unbranched alkanes of at least 4 members (excludes halogenated alkanes) is 1. The van der Waals surface area contributed by atoms with E-state index < -0.39 is 135 Å². The van der Waals surface area contributed by atoms with Crippen molar-refractivity contribution in [2.45, 2.75) is 300 Å². The maximum absolute atomic E-state index is 13.9. The van der Waals surface area contributed by atoms with Gasteiger partial charge in [-0.2, -0.15) is 13.2 Å². The van der Waals surface area contributed by atoms with Gasteiger partial charge in [0.25, 0.3) is 0 Å². The minimum Gasteiger partial charge on any atom is -0.466 e. The molecule has 0 aliphatic heterocycles. The number of hydrogen-bond donors (Lipinski definition) is 4. The van der Waals surface area contributed by atoms with Crippen molar-refractivity contribution in [2.75, 3.05) is 92.4 Å². The molecule has 4 aliphatic rings. The van der Waals surface area contributed by atoms with Gasteiger partial charge in [0.15, 0.2) is 16.6 Å². The Hall–Kier alpha value is -6.34. The molecule has 4 rings (SSSR count). The van der Waals surface area contributed by atoms with Crippen molar-refractivity contribution in [3.63, 3.8) is 0 Å². The van der Waals surface area contributed by atoms with E-state index >= 15 is 0 Å². The second kappa shape index (κ2) is 47.2. The molecule has 117 heavy (non-hydrogen) atoms. The molecule has 4 fully saturated rings. The number of carbonyl (C=O) groups is 10. The van der Waals surface area contributed by atoms with E-state index in [-0.39, 0.29) is 149 Å². The maximum atomic E-state index is 13.9. The number of alkyl halides is 3. The van der Waals surface area contributed by atoms with Gasteiger partial charge < -0.3 is 86.3 Å². The van der Waals surface area contributed by atoms with Crippen LogP contribution in [-0.2, 0) is 93.8 Å². The summed E-state index contributed by atoms with van der Waals surface area (Å²) in [7, 11) is -5.95. The molecule has 672 valence electrons. The Kier molecular flexibility index (Phi) is 41.5. The van der Waals surface area contributed by atoms with Crippen LogP contribution in [0.5, 0.6) is 0 Å². The Labute approximate surface area is 696 Å². The lowest BCUT2D eigenvalue weighted by molar-refractivity contribution is -0.188. The molecule has 0 aromatic carbocycles. The highest BCUT2D eigenvalue weighted by atomic mass is 28.4. The number of hydrogen-bond acceptors (Lipinski definition) is 24. The van der Waals surface area contributed by atoms with Crippen LogP contribution < -0.4 is 21.3 Å². The molecule has 0 aromatic rings. The van der Waals surface area contributed by atoms with Gasteiger partial charge in [-0.05, 0) is 205 Å². The van der Waals surface area contributed by atoms with Gasteiger partial charge in [0.2, 0.25) is 0 Å². The molecule has 0 bridgehead atoms. The Morgan fingerprint density at radius 3 is 1.42 bits per heavy atom. The van der Waals surface area contributed by atoms with Crippen LogP contribution in [0.25, 0.3) is 0 Å². The molecule has 0 heterocycles. The van der Waals surface area contributed by atoms with Crippen molar-refractivity contribution >= 4 is 86.1 Å². The molecule has 0 radical (unpaired) electrons. The van der Waals surface area contributed by atoms with Crippen LogP contribution in [0.1, 0.15) is 224 Å². The van der Waals surface area contributed by atoms with E-state index in [1.807, 2.05) is 13.8 Å². The first kappa shape index (κ1) is 103. The third-order valence-electron chi connectivity index (χ3n) is 21.5. The van der Waals surface area contributed by atoms with Gasteiger partial charge >= 0.3 is 75.6 Å². The zero-order valence-electron chi connectivity index (χ0n) is 73.3. The number of nitrogens with one attached hydrogen (secondary N) is 4. The molecule has 28 nitrogen and oxygen atoms in total. The van der Waals surface area contributed by atoms with Gasteiger partial charge in [-0.3, -0.25) is 19.2 Å². The number of alkyl carbamates (subject to hydrolysis) is 4. The Morgan fingerprint density at radius 1 is 0.470 bits per heavy atom. The van der Waals surface area contributed by atoms with E-state index in [4.69, 9.17) is 65.1 Å². The normalized spacial score (nSPS) is 24.5. The molecule has 0 saturated heterocycles. The Morgan fingerprint density at radius 2 is 0.897 bits per heavy atom. The van der Waals surface area contributed by atoms with Crippen molar-refractivity contribution in [1.82, 2.24) is 21.3 Å². The number of rotatable bonds is 49. The highest BCUT2D eigenvalue weighted by Crippen LogP contribution is 2.52. The number of esters is 6. The van der Waals surface area contributed by atoms with E-state index in [0.29, 0.717) is 102 Å². The number of carbonyl (C=O) groups excluding carboxylic acids is 10. The summed E-state index contributed by atoms with van der Waals surface area (Å²) in [6.45, 7) is 38.5.